The first-order valence-electron chi connectivity index (χ1n) is 10.3. The summed E-state index contributed by atoms with van der Waals surface area (Å²) in [5.74, 6) is 1.17. The number of nitrogens with one attached hydrogen (secondary N) is 1. The third-order valence-corrected chi connectivity index (χ3v) is 6.22. The van der Waals surface area contributed by atoms with Gasteiger partial charge in [0.2, 0.25) is 5.88 Å². The molecule has 0 fully saturated rings. The molecule has 8 nitrogen and oxygen atoms in total. The average molecular weight is 454 g/mol. The number of urea groups is 1. The van der Waals surface area contributed by atoms with Crippen LogP contribution >= 0.6 is 11.9 Å². The van der Waals surface area contributed by atoms with E-state index in [-0.39, 0.29) is 0 Å². The fourth-order valence-electron chi connectivity index (χ4n) is 4.54. The highest BCUT2D eigenvalue weighted by Gasteiger charge is 2.31. The topological polar surface area (TPSA) is 117 Å². The van der Waals surface area contributed by atoms with E-state index in [0.29, 0.717) is 18.6 Å². The van der Waals surface area contributed by atoms with Crippen LogP contribution in [0.25, 0.3) is 0 Å². The largest absolute Gasteiger partial charge is 0.477 e. The molecule has 0 saturated carbocycles. The van der Waals surface area contributed by atoms with Gasteiger partial charge in [-0.25, -0.2) is 9.48 Å². The highest BCUT2D eigenvalue weighted by atomic mass is 32.2. The second-order valence-electron chi connectivity index (χ2n) is 7.55. The maximum absolute atomic E-state index is 12.7. The van der Waals surface area contributed by atoms with Crippen LogP contribution in [0.3, 0.4) is 0 Å². The van der Waals surface area contributed by atoms with Gasteiger partial charge in [-0.1, -0.05) is 0 Å². The molecule has 1 aromatic heterocycles. The molecule has 3 aliphatic rings. The number of primary amides is 1. The number of alkyl halides is 2. The van der Waals surface area contributed by atoms with Crippen molar-refractivity contribution in [2.24, 2.45) is 10.9 Å². The van der Waals surface area contributed by atoms with E-state index < -0.39 is 12.6 Å². The van der Waals surface area contributed by atoms with Crippen LogP contribution < -0.4 is 25.7 Å². The first-order chi connectivity index (χ1) is 15.0. The Morgan fingerprint density at radius 2 is 1.81 bits per heavy atom. The molecule has 0 atom stereocenters. The zero-order chi connectivity index (χ0) is 22.0. The van der Waals surface area contributed by atoms with Crippen molar-refractivity contribution < 1.29 is 23.0 Å². The number of halogens is 2. The number of carbonyl (C=O) groups is 1. The Morgan fingerprint density at radius 1 is 1.16 bits per heavy atom. The summed E-state index contributed by atoms with van der Waals surface area (Å²) in [5.41, 5.74) is 9.43. The van der Waals surface area contributed by atoms with Crippen LogP contribution in [0.5, 0.6) is 11.6 Å². The number of anilines is 1. The number of hydrogen-bond acceptors (Lipinski definition) is 6. The van der Waals surface area contributed by atoms with Gasteiger partial charge in [0.1, 0.15) is 10.6 Å². The molecule has 0 radical (unpaired) electrons. The lowest BCUT2D eigenvalue weighted by molar-refractivity contribution is -0.0509. The lowest BCUT2D eigenvalue weighted by atomic mass is 9.97. The maximum Gasteiger partial charge on any atom is 0.387 e. The second kappa shape index (κ2) is 9.31. The Kier molecular flexibility index (Phi) is 6.51. The molecule has 1 aliphatic heterocycles. The smallest absolute Gasteiger partial charge is 0.387 e. The Hall–Kier alpha value is -2.53. The quantitative estimate of drug-likeness (QED) is 0.611. The second-order valence-corrected chi connectivity index (χ2v) is 8.23. The summed E-state index contributed by atoms with van der Waals surface area (Å²) in [7, 11) is 0. The van der Waals surface area contributed by atoms with Crippen molar-refractivity contribution in [2.45, 2.75) is 63.0 Å². The fourth-order valence-corrected chi connectivity index (χ4v) is 4.91. The van der Waals surface area contributed by atoms with E-state index in [2.05, 4.69) is 10.4 Å². The highest BCUT2D eigenvalue weighted by molar-refractivity contribution is 7.97. The maximum atomic E-state index is 12.7. The van der Waals surface area contributed by atoms with Crippen molar-refractivity contribution in [3.05, 3.63) is 28.5 Å². The van der Waals surface area contributed by atoms with E-state index in [1.807, 2.05) is 4.68 Å². The predicted molar refractivity (Wildman–Crippen MR) is 113 cm³/mol. The molecule has 2 amide bonds. The molecule has 31 heavy (non-hydrogen) atoms. The van der Waals surface area contributed by atoms with E-state index in [1.54, 1.807) is 6.20 Å². The number of aromatic nitrogens is 2. The van der Waals surface area contributed by atoms with Gasteiger partial charge in [-0.15, -0.1) is 0 Å². The molecule has 2 heterocycles. The molecule has 0 saturated heterocycles. The number of nitrogens with two attached hydrogens (primary N) is 2. The van der Waals surface area contributed by atoms with E-state index in [4.69, 9.17) is 20.3 Å². The van der Waals surface area contributed by atoms with Gasteiger partial charge in [0, 0.05) is 18.7 Å². The predicted octanol–water partition coefficient (Wildman–Crippen LogP) is 3.39. The standard InChI is InChI=1S/C14H16F2N2O2.C6H9N3OS/c15-13(16)20-12-9-5-1-3-7(9)11(18-14(17)19)8-4-2-6-10(8)12;7-11-5-4-8-9-2-1-3-10-6(5)9/h13H,1-6H2,(H3,17,18,19);4H,1-3,7H2. The van der Waals surface area contributed by atoms with E-state index in [1.165, 1.54) is 11.9 Å². The molecule has 1 aromatic carbocycles. The van der Waals surface area contributed by atoms with E-state index in [0.717, 1.165) is 84.0 Å². The number of nitrogens with zero attached hydrogens (tertiary/aromatic N) is 2. The van der Waals surface area contributed by atoms with Crippen molar-refractivity contribution in [3.8, 4) is 11.6 Å². The molecule has 2 aliphatic carbocycles. The highest BCUT2D eigenvalue weighted by Crippen LogP contribution is 2.46. The third-order valence-electron chi connectivity index (χ3n) is 5.68. The minimum absolute atomic E-state index is 0.343. The SMILES string of the molecule is NC(=O)Nc1c2c(c(OC(F)F)c3c1CCC3)CCC2.NSc1cnn2c1OCCC2. The van der Waals surface area contributed by atoms with Gasteiger partial charge in [-0.2, -0.15) is 13.9 Å². The van der Waals surface area contributed by atoms with E-state index in [9.17, 15) is 13.6 Å². The van der Waals surface area contributed by atoms with Crippen molar-refractivity contribution >= 4 is 23.7 Å². The normalized spacial score (nSPS) is 16.0. The number of benzene rings is 1. The number of rotatable bonds is 4. The summed E-state index contributed by atoms with van der Waals surface area (Å²) < 4.78 is 37.3. The monoisotopic (exact) mass is 453 g/mol. The molecule has 11 heteroatoms. The molecular formula is C20H25F2N5O3S. The summed E-state index contributed by atoms with van der Waals surface area (Å²) in [6.07, 6.45) is 7.47. The molecule has 168 valence electrons. The van der Waals surface area contributed by atoms with Crippen molar-refractivity contribution in [2.75, 3.05) is 11.9 Å². The number of amides is 2. The van der Waals surface area contributed by atoms with Gasteiger partial charge in [0.25, 0.3) is 0 Å². The summed E-state index contributed by atoms with van der Waals surface area (Å²) in [5, 5.41) is 12.2. The summed E-state index contributed by atoms with van der Waals surface area (Å²) in [4.78, 5) is 12.1. The Labute approximate surface area is 182 Å². The van der Waals surface area contributed by atoms with Gasteiger partial charge in [-0.3, -0.25) is 5.14 Å². The van der Waals surface area contributed by atoms with Crippen LogP contribution in [0.4, 0.5) is 19.3 Å². The molecule has 5 rings (SSSR count). The molecule has 5 N–H and O–H groups in total. The number of ether oxygens (including phenoxy) is 2. The van der Waals surface area contributed by atoms with Gasteiger partial charge >= 0.3 is 12.6 Å². The van der Waals surface area contributed by atoms with Crippen LogP contribution in [0, 0.1) is 0 Å². The molecule has 0 spiro atoms. The third kappa shape index (κ3) is 4.42. The van der Waals surface area contributed by atoms with Gasteiger partial charge in [0.05, 0.1) is 12.8 Å². The molecular weight excluding hydrogens is 428 g/mol. The number of carbonyl (C=O) groups excluding carboxylic acids is 1. The van der Waals surface area contributed by atoms with E-state index >= 15 is 0 Å². The van der Waals surface area contributed by atoms with Crippen LogP contribution in [0.1, 0.15) is 41.5 Å². The van der Waals surface area contributed by atoms with Crippen LogP contribution in [0.2, 0.25) is 0 Å². The molecule has 2 aromatic rings. The van der Waals surface area contributed by atoms with Crippen LogP contribution in [-0.4, -0.2) is 29.0 Å². The van der Waals surface area contributed by atoms with Crippen molar-refractivity contribution in [3.63, 3.8) is 0 Å². The number of fused-ring (bicyclic) bond motifs is 3. The Bertz CT molecular complexity index is 934. The van der Waals surface area contributed by atoms with Gasteiger partial charge < -0.3 is 20.5 Å². The molecule has 0 unspecified atom stereocenters. The summed E-state index contributed by atoms with van der Waals surface area (Å²) in [6.45, 7) is -1.10. The van der Waals surface area contributed by atoms with Crippen molar-refractivity contribution in [1.29, 1.82) is 0 Å². The minimum atomic E-state index is -2.82. The van der Waals surface area contributed by atoms with Gasteiger partial charge in [-0.05, 0) is 72.7 Å². The summed E-state index contributed by atoms with van der Waals surface area (Å²) in [6, 6.07) is -0.615. The van der Waals surface area contributed by atoms with Gasteiger partial charge in [0.15, 0.2) is 0 Å². The zero-order valence-corrected chi connectivity index (χ0v) is 17.8. The fraction of sp³-hybridized carbons (Fsp3) is 0.500. The lowest BCUT2D eigenvalue weighted by Gasteiger charge is -2.19. The summed E-state index contributed by atoms with van der Waals surface area (Å²) >= 11 is 1.18. The zero-order valence-electron chi connectivity index (χ0n) is 17.0. The number of aryl methyl sites for hydroxylation is 1. The lowest BCUT2D eigenvalue weighted by Crippen LogP contribution is -2.22. The Morgan fingerprint density at radius 3 is 2.39 bits per heavy atom. The van der Waals surface area contributed by atoms with Crippen LogP contribution in [0.15, 0.2) is 11.1 Å². The molecule has 0 bridgehead atoms. The minimum Gasteiger partial charge on any atom is -0.477 e. The first kappa shape index (κ1) is 21.7. The number of hydrogen-bond donors (Lipinski definition) is 3. The van der Waals surface area contributed by atoms with Crippen LogP contribution in [-0.2, 0) is 32.2 Å². The van der Waals surface area contributed by atoms with Crippen molar-refractivity contribution in [1.82, 2.24) is 9.78 Å². The first-order valence-corrected chi connectivity index (χ1v) is 11.1. The Balaban J connectivity index is 0.000000177. The average Bonchev–Trinajstić information content (AvgIpc) is 3.49.